The molecule has 0 bridgehead atoms. The lowest BCUT2D eigenvalue weighted by atomic mass is 9.91. The second-order valence-corrected chi connectivity index (χ2v) is 5.36. The van der Waals surface area contributed by atoms with Gasteiger partial charge < -0.3 is 17.2 Å². The van der Waals surface area contributed by atoms with E-state index in [-0.39, 0.29) is 5.66 Å². The van der Waals surface area contributed by atoms with Crippen LogP contribution in [0.5, 0.6) is 0 Å². The van der Waals surface area contributed by atoms with Crippen molar-refractivity contribution in [3.05, 3.63) is 42.5 Å². The third-order valence-corrected chi connectivity index (χ3v) is 3.61. The van der Waals surface area contributed by atoms with Crippen LogP contribution in [0, 0.1) is 0 Å². The molecule has 0 unspecified atom stereocenters. The Morgan fingerprint density at radius 3 is 2.00 bits per heavy atom. The first-order valence-corrected chi connectivity index (χ1v) is 6.89. The Labute approximate surface area is 114 Å². The molecule has 0 heterocycles. The summed E-state index contributed by atoms with van der Waals surface area (Å²) in [5, 5.41) is 2.34. The minimum atomic E-state index is -0.321. The Morgan fingerprint density at radius 2 is 1.42 bits per heavy atom. The molecule has 1 saturated carbocycles. The van der Waals surface area contributed by atoms with E-state index in [4.69, 9.17) is 17.2 Å². The Hall–Kier alpha value is -1.58. The van der Waals surface area contributed by atoms with Gasteiger partial charge in [-0.05, 0) is 24.3 Å². The predicted octanol–water partition coefficient (Wildman–Crippen LogP) is 2.99. The molecule has 0 aromatic heterocycles. The molecule has 0 spiro atoms. The van der Waals surface area contributed by atoms with Gasteiger partial charge in [-0.2, -0.15) is 0 Å². The van der Waals surface area contributed by atoms with E-state index in [0.29, 0.717) is 0 Å². The first kappa shape index (κ1) is 13.8. The molecule has 6 N–H and O–H groups in total. The van der Waals surface area contributed by atoms with Crippen molar-refractivity contribution >= 4 is 16.5 Å². The van der Waals surface area contributed by atoms with Gasteiger partial charge in [0.25, 0.3) is 0 Å². The molecule has 0 amide bonds. The molecule has 1 aliphatic rings. The summed E-state index contributed by atoms with van der Waals surface area (Å²) in [6, 6.07) is 14.1. The maximum atomic E-state index is 5.76. The highest BCUT2D eigenvalue weighted by atomic mass is 14.9. The van der Waals surface area contributed by atoms with Crippen molar-refractivity contribution < 1.29 is 0 Å². The van der Waals surface area contributed by atoms with E-state index in [2.05, 4.69) is 12.1 Å². The molecule has 19 heavy (non-hydrogen) atoms. The van der Waals surface area contributed by atoms with Gasteiger partial charge in [-0.1, -0.05) is 55.7 Å². The lowest BCUT2D eigenvalue weighted by Crippen LogP contribution is -2.50. The number of benzene rings is 2. The van der Waals surface area contributed by atoms with Gasteiger partial charge in [-0.3, -0.25) is 0 Å². The Bertz CT molecular complexity index is 521. The van der Waals surface area contributed by atoms with Crippen molar-refractivity contribution in [2.45, 2.75) is 37.8 Å². The van der Waals surface area contributed by atoms with Crippen LogP contribution in [-0.2, 0) is 0 Å². The van der Waals surface area contributed by atoms with Crippen LogP contribution in [0.2, 0.25) is 0 Å². The van der Waals surface area contributed by atoms with E-state index in [1.165, 1.54) is 24.6 Å². The molecule has 0 radical (unpaired) electrons. The number of nitrogen functional groups attached to an aromatic ring is 1. The number of hydrogen-bond donors (Lipinski definition) is 3. The lowest BCUT2D eigenvalue weighted by Gasteiger charge is -2.28. The molecule has 3 rings (SSSR count). The van der Waals surface area contributed by atoms with Crippen LogP contribution in [0.1, 0.15) is 32.1 Å². The van der Waals surface area contributed by atoms with Crippen LogP contribution < -0.4 is 17.2 Å². The van der Waals surface area contributed by atoms with Gasteiger partial charge in [0.05, 0.1) is 5.66 Å². The van der Waals surface area contributed by atoms with Gasteiger partial charge in [0.15, 0.2) is 0 Å². The van der Waals surface area contributed by atoms with Crippen molar-refractivity contribution in [2.75, 3.05) is 5.73 Å². The zero-order chi connectivity index (χ0) is 13.7. The smallest absolute Gasteiger partial charge is 0.0636 e. The van der Waals surface area contributed by atoms with Crippen LogP contribution in [0.4, 0.5) is 5.69 Å². The Morgan fingerprint density at radius 1 is 0.789 bits per heavy atom. The van der Waals surface area contributed by atoms with Gasteiger partial charge in [0, 0.05) is 11.1 Å². The van der Waals surface area contributed by atoms with E-state index in [9.17, 15) is 0 Å². The van der Waals surface area contributed by atoms with E-state index in [0.717, 1.165) is 23.9 Å². The average molecular weight is 257 g/mol. The summed E-state index contributed by atoms with van der Waals surface area (Å²) in [7, 11) is 0. The summed E-state index contributed by atoms with van der Waals surface area (Å²) < 4.78 is 0. The standard InChI is InChI=1S/C10H9N.C6H14N2/c11-10-7-3-5-8-4-1-2-6-9(8)10;7-6(8)4-2-1-3-5-6/h1-7H,11H2;1-5,7-8H2. The summed E-state index contributed by atoms with van der Waals surface area (Å²) in [4.78, 5) is 0. The molecule has 3 nitrogen and oxygen atoms in total. The number of anilines is 1. The normalized spacial score (nSPS) is 17.6. The van der Waals surface area contributed by atoms with Crippen molar-refractivity contribution in [1.82, 2.24) is 0 Å². The molecule has 3 heteroatoms. The van der Waals surface area contributed by atoms with Gasteiger partial charge in [0.2, 0.25) is 0 Å². The Kier molecular flexibility index (Phi) is 4.40. The molecule has 1 aliphatic carbocycles. The van der Waals surface area contributed by atoms with Gasteiger partial charge in [-0.25, -0.2) is 0 Å². The SMILES string of the molecule is NC1(N)CCCCC1.Nc1cccc2ccccc12. The summed E-state index contributed by atoms with van der Waals surface area (Å²) in [5.41, 5.74) is 17.6. The van der Waals surface area contributed by atoms with E-state index >= 15 is 0 Å². The zero-order valence-electron chi connectivity index (χ0n) is 11.3. The van der Waals surface area contributed by atoms with Crippen LogP contribution in [0.15, 0.2) is 42.5 Å². The second kappa shape index (κ2) is 6.04. The molecule has 0 atom stereocenters. The zero-order valence-corrected chi connectivity index (χ0v) is 11.3. The molecule has 2 aromatic carbocycles. The predicted molar refractivity (Wildman–Crippen MR) is 82.6 cm³/mol. The third-order valence-electron chi connectivity index (χ3n) is 3.61. The fraction of sp³-hybridized carbons (Fsp3) is 0.375. The van der Waals surface area contributed by atoms with E-state index in [1.54, 1.807) is 0 Å². The van der Waals surface area contributed by atoms with E-state index < -0.39 is 0 Å². The number of rotatable bonds is 0. The quantitative estimate of drug-likeness (QED) is 0.501. The molecule has 2 aromatic rings. The molecular formula is C16H23N3. The molecule has 102 valence electrons. The van der Waals surface area contributed by atoms with E-state index in [1.807, 2.05) is 30.3 Å². The fourth-order valence-corrected chi connectivity index (χ4v) is 2.46. The largest absolute Gasteiger partial charge is 0.398 e. The highest BCUT2D eigenvalue weighted by Crippen LogP contribution is 2.20. The number of nitrogens with two attached hydrogens (primary N) is 3. The van der Waals surface area contributed by atoms with Crippen molar-refractivity contribution in [3.63, 3.8) is 0 Å². The van der Waals surface area contributed by atoms with Crippen LogP contribution in [0.3, 0.4) is 0 Å². The summed E-state index contributed by atoms with van der Waals surface area (Å²) in [6.07, 6.45) is 5.76. The van der Waals surface area contributed by atoms with Crippen molar-refractivity contribution in [3.8, 4) is 0 Å². The molecule has 0 saturated heterocycles. The van der Waals surface area contributed by atoms with Crippen molar-refractivity contribution in [2.24, 2.45) is 11.5 Å². The summed E-state index contributed by atoms with van der Waals surface area (Å²) in [6.45, 7) is 0. The summed E-state index contributed by atoms with van der Waals surface area (Å²) >= 11 is 0. The minimum absolute atomic E-state index is 0.321. The van der Waals surface area contributed by atoms with Gasteiger partial charge in [0.1, 0.15) is 0 Å². The fourth-order valence-electron chi connectivity index (χ4n) is 2.46. The monoisotopic (exact) mass is 257 g/mol. The maximum Gasteiger partial charge on any atom is 0.0636 e. The highest BCUT2D eigenvalue weighted by molar-refractivity contribution is 5.92. The number of fused-ring (bicyclic) bond motifs is 1. The first-order valence-electron chi connectivity index (χ1n) is 6.89. The minimum Gasteiger partial charge on any atom is -0.398 e. The maximum absolute atomic E-state index is 5.76. The van der Waals surface area contributed by atoms with Crippen LogP contribution in [0.25, 0.3) is 10.8 Å². The second-order valence-electron chi connectivity index (χ2n) is 5.36. The number of hydrogen-bond acceptors (Lipinski definition) is 3. The van der Waals surface area contributed by atoms with Gasteiger partial charge in [-0.15, -0.1) is 0 Å². The Balaban J connectivity index is 0.000000148. The molecular weight excluding hydrogens is 234 g/mol. The topological polar surface area (TPSA) is 78.1 Å². The lowest BCUT2D eigenvalue weighted by molar-refractivity contribution is 0.306. The van der Waals surface area contributed by atoms with Crippen molar-refractivity contribution in [1.29, 1.82) is 0 Å². The van der Waals surface area contributed by atoms with Crippen LogP contribution in [-0.4, -0.2) is 5.66 Å². The third kappa shape index (κ3) is 3.94. The highest BCUT2D eigenvalue weighted by Gasteiger charge is 2.21. The summed E-state index contributed by atoms with van der Waals surface area (Å²) in [5.74, 6) is 0. The first-order chi connectivity index (χ1) is 9.08. The molecule has 1 fully saturated rings. The van der Waals surface area contributed by atoms with Gasteiger partial charge >= 0.3 is 0 Å². The average Bonchev–Trinajstić information content (AvgIpc) is 2.40. The van der Waals surface area contributed by atoms with Crippen LogP contribution >= 0.6 is 0 Å². The molecule has 0 aliphatic heterocycles.